The molecule has 0 radical (unpaired) electrons. The van der Waals surface area contributed by atoms with Crippen molar-refractivity contribution >= 4 is 9.84 Å². The van der Waals surface area contributed by atoms with Gasteiger partial charge in [0.1, 0.15) is 0 Å². The molecular weight excluding hydrogens is 272 g/mol. The van der Waals surface area contributed by atoms with Crippen LogP contribution in [0, 0.1) is 5.92 Å². The molecule has 0 aliphatic carbocycles. The highest BCUT2D eigenvalue weighted by Crippen LogP contribution is 2.20. The van der Waals surface area contributed by atoms with Crippen molar-refractivity contribution in [1.82, 2.24) is 0 Å². The van der Waals surface area contributed by atoms with Crippen molar-refractivity contribution in [2.24, 2.45) is 5.92 Å². The normalized spacial score (nSPS) is 20.2. The molecule has 0 aromatic heterocycles. The van der Waals surface area contributed by atoms with Crippen molar-refractivity contribution in [1.29, 1.82) is 0 Å². The monoisotopic (exact) mass is 296 g/mol. The predicted octanol–water partition coefficient (Wildman–Crippen LogP) is 3.15. The molecule has 0 saturated carbocycles. The predicted molar refractivity (Wildman–Crippen MR) is 81.6 cm³/mol. The van der Waals surface area contributed by atoms with Gasteiger partial charge in [0.05, 0.1) is 18.1 Å². The van der Waals surface area contributed by atoms with Crippen molar-refractivity contribution in [2.75, 3.05) is 19.0 Å². The van der Waals surface area contributed by atoms with Crippen LogP contribution in [0.4, 0.5) is 0 Å². The van der Waals surface area contributed by atoms with Crippen LogP contribution >= 0.6 is 0 Å². The molecule has 1 saturated heterocycles. The highest BCUT2D eigenvalue weighted by Gasteiger charge is 2.22. The maximum Gasteiger partial charge on any atom is 0.154 e. The van der Waals surface area contributed by atoms with Gasteiger partial charge >= 0.3 is 0 Å². The molecule has 1 heterocycles. The fourth-order valence-electron chi connectivity index (χ4n) is 2.65. The Bertz CT molecular complexity index is 528. The Morgan fingerprint density at radius 1 is 1.35 bits per heavy atom. The van der Waals surface area contributed by atoms with E-state index in [1.807, 2.05) is 18.2 Å². The number of sulfone groups is 1. The maximum absolute atomic E-state index is 12.3. The van der Waals surface area contributed by atoms with Crippen LogP contribution in [0.15, 0.2) is 24.3 Å². The molecule has 2 rings (SSSR count). The van der Waals surface area contributed by atoms with Gasteiger partial charge in [-0.25, -0.2) is 8.42 Å². The SMILES string of the molecule is CC(C)c1cccc(CS(=O)(=O)CC2CCCOC2)c1. The van der Waals surface area contributed by atoms with Crippen LogP contribution in [0.1, 0.15) is 43.7 Å². The largest absolute Gasteiger partial charge is 0.381 e. The quantitative estimate of drug-likeness (QED) is 0.838. The summed E-state index contributed by atoms with van der Waals surface area (Å²) in [6.45, 7) is 5.60. The molecule has 1 aliphatic heterocycles. The summed E-state index contributed by atoms with van der Waals surface area (Å²) in [7, 11) is -3.06. The minimum absolute atomic E-state index is 0.143. The van der Waals surface area contributed by atoms with E-state index in [-0.39, 0.29) is 17.4 Å². The van der Waals surface area contributed by atoms with Crippen molar-refractivity contribution in [3.05, 3.63) is 35.4 Å². The first-order valence-electron chi connectivity index (χ1n) is 7.33. The zero-order valence-electron chi connectivity index (χ0n) is 12.3. The molecule has 112 valence electrons. The van der Waals surface area contributed by atoms with Crippen LogP contribution in [0.25, 0.3) is 0 Å². The first kappa shape index (κ1) is 15.5. The van der Waals surface area contributed by atoms with E-state index in [2.05, 4.69) is 19.9 Å². The van der Waals surface area contributed by atoms with Crippen molar-refractivity contribution < 1.29 is 13.2 Å². The molecule has 4 heteroatoms. The molecule has 3 nitrogen and oxygen atoms in total. The van der Waals surface area contributed by atoms with E-state index in [1.54, 1.807) is 0 Å². The summed E-state index contributed by atoms with van der Waals surface area (Å²) in [4.78, 5) is 0. The lowest BCUT2D eigenvalue weighted by atomic mass is 10.0. The fraction of sp³-hybridized carbons (Fsp3) is 0.625. The minimum atomic E-state index is -3.06. The Kier molecular flexibility index (Phi) is 5.22. The van der Waals surface area contributed by atoms with Crippen LogP contribution in [-0.2, 0) is 20.3 Å². The second-order valence-corrected chi connectivity index (χ2v) is 8.15. The summed E-state index contributed by atoms with van der Waals surface area (Å²) in [5.41, 5.74) is 2.09. The zero-order chi connectivity index (χ0) is 14.6. The molecule has 1 fully saturated rings. The highest BCUT2D eigenvalue weighted by molar-refractivity contribution is 7.90. The van der Waals surface area contributed by atoms with E-state index >= 15 is 0 Å². The maximum atomic E-state index is 12.3. The van der Waals surface area contributed by atoms with E-state index in [9.17, 15) is 8.42 Å². The number of ether oxygens (including phenoxy) is 1. The fourth-order valence-corrected chi connectivity index (χ4v) is 4.44. The summed E-state index contributed by atoms with van der Waals surface area (Å²) in [5, 5.41) is 0. The smallest absolute Gasteiger partial charge is 0.154 e. The third-order valence-corrected chi connectivity index (χ3v) is 5.50. The topological polar surface area (TPSA) is 43.4 Å². The molecule has 1 unspecified atom stereocenters. The molecule has 0 spiro atoms. The molecule has 0 N–H and O–H groups in total. The van der Waals surface area contributed by atoms with Gasteiger partial charge in [-0.15, -0.1) is 0 Å². The Hall–Kier alpha value is -0.870. The summed E-state index contributed by atoms with van der Waals surface area (Å²) < 4.78 is 30.0. The Morgan fingerprint density at radius 2 is 2.15 bits per heavy atom. The van der Waals surface area contributed by atoms with Gasteiger partial charge in [0.25, 0.3) is 0 Å². The third-order valence-electron chi connectivity index (χ3n) is 3.75. The summed E-state index contributed by atoms with van der Waals surface area (Å²) in [6, 6.07) is 7.92. The van der Waals surface area contributed by atoms with Gasteiger partial charge < -0.3 is 4.74 Å². The molecule has 1 atom stereocenters. The lowest BCUT2D eigenvalue weighted by molar-refractivity contribution is 0.0626. The standard InChI is InChI=1S/C16H24O3S/c1-13(2)16-7-3-5-14(9-16)11-20(17,18)12-15-6-4-8-19-10-15/h3,5,7,9,13,15H,4,6,8,10-12H2,1-2H3. The summed E-state index contributed by atoms with van der Waals surface area (Å²) in [6.07, 6.45) is 1.94. The average Bonchev–Trinajstić information content (AvgIpc) is 2.39. The molecule has 0 bridgehead atoms. The summed E-state index contributed by atoms with van der Waals surface area (Å²) >= 11 is 0. The first-order chi connectivity index (χ1) is 9.46. The Labute approximate surface area is 122 Å². The number of hydrogen-bond donors (Lipinski definition) is 0. The van der Waals surface area contributed by atoms with Crippen LogP contribution in [0.5, 0.6) is 0 Å². The molecular formula is C16H24O3S. The van der Waals surface area contributed by atoms with Crippen LogP contribution < -0.4 is 0 Å². The zero-order valence-corrected chi connectivity index (χ0v) is 13.2. The van der Waals surface area contributed by atoms with Gasteiger partial charge in [-0.3, -0.25) is 0 Å². The highest BCUT2D eigenvalue weighted by atomic mass is 32.2. The minimum Gasteiger partial charge on any atom is -0.381 e. The van der Waals surface area contributed by atoms with Gasteiger partial charge in [0.2, 0.25) is 0 Å². The lowest BCUT2D eigenvalue weighted by Crippen LogP contribution is -2.25. The van der Waals surface area contributed by atoms with Crippen LogP contribution in [0.2, 0.25) is 0 Å². The van der Waals surface area contributed by atoms with E-state index < -0.39 is 9.84 Å². The average molecular weight is 296 g/mol. The molecule has 1 aliphatic rings. The van der Waals surface area contributed by atoms with E-state index in [1.165, 1.54) is 5.56 Å². The van der Waals surface area contributed by atoms with Gasteiger partial charge in [-0.1, -0.05) is 38.1 Å². The first-order valence-corrected chi connectivity index (χ1v) is 9.15. The van der Waals surface area contributed by atoms with Gasteiger partial charge in [0, 0.05) is 6.61 Å². The van der Waals surface area contributed by atoms with Gasteiger partial charge in [0.15, 0.2) is 9.84 Å². The lowest BCUT2D eigenvalue weighted by Gasteiger charge is -2.21. The number of benzene rings is 1. The van der Waals surface area contributed by atoms with Crippen LogP contribution in [0.3, 0.4) is 0 Å². The molecule has 1 aromatic rings. The molecule has 0 amide bonds. The second-order valence-electron chi connectivity index (χ2n) is 6.04. The van der Waals surface area contributed by atoms with Crippen molar-refractivity contribution in [3.8, 4) is 0 Å². The van der Waals surface area contributed by atoms with Crippen molar-refractivity contribution in [3.63, 3.8) is 0 Å². The van der Waals surface area contributed by atoms with Gasteiger partial charge in [-0.2, -0.15) is 0 Å². The molecule has 1 aromatic carbocycles. The van der Waals surface area contributed by atoms with E-state index in [0.29, 0.717) is 12.5 Å². The Morgan fingerprint density at radius 3 is 2.80 bits per heavy atom. The molecule has 20 heavy (non-hydrogen) atoms. The third kappa shape index (κ3) is 4.60. The van der Waals surface area contributed by atoms with Crippen LogP contribution in [-0.4, -0.2) is 27.4 Å². The number of hydrogen-bond acceptors (Lipinski definition) is 3. The Balaban J connectivity index is 2.02. The van der Waals surface area contributed by atoms with E-state index in [4.69, 9.17) is 4.74 Å². The summed E-state index contributed by atoms with van der Waals surface area (Å²) in [5.74, 6) is 0.981. The van der Waals surface area contributed by atoms with E-state index in [0.717, 1.165) is 25.0 Å². The van der Waals surface area contributed by atoms with Crippen molar-refractivity contribution in [2.45, 2.75) is 38.4 Å². The van der Waals surface area contributed by atoms with Gasteiger partial charge in [-0.05, 0) is 35.8 Å². The number of rotatable bonds is 5. The second kappa shape index (κ2) is 6.72.